The first-order valence-electron chi connectivity index (χ1n) is 8.49. The van der Waals surface area contributed by atoms with Gasteiger partial charge in [-0.25, -0.2) is 0 Å². The number of nitrogens with one attached hydrogen (secondary N) is 1. The minimum atomic E-state index is -1.35. The van der Waals surface area contributed by atoms with Crippen molar-refractivity contribution in [2.24, 2.45) is 0 Å². The normalized spacial score (nSPS) is 11.5. The second-order valence-electron chi connectivity index (χ2n) is 5.94. The second-order valence-corrected chi connectivity index (χ2v) is 6.35. The molecule has 1 N–H and O–H groups in total. The van der Waals surface area contributed by atoms with Crippen LogP contribution in [0.2, 0.25) is 5.02 Å². The van der Waals surface area contributed by atoms with Crippen molar-refractivity contribution in [1.29, 1.82) is 0 Å². The van der Waals surface area contributed by atoms with Gasteiger partial charge in [0.2, 0.25) is 0 Å². The summed E-state index contributed by atoms with van der Waals surface area (Å²) >= 11 is 5.75. The van der Waals surface area contributed by atoms with Crippen LogP contribution in [-0.2, 0) is 4.79 Å². The summed E-state index contributed by atoms with van der Waals surface area (Å²) in [4.78, 5) is 33.9. The third-order valence-electron chi connectivity index (χ3n) is 3.84. The summed E-state index contributed by atoms with van der Waals surface area (Å²) in [5.41, 5.74) is 0.107. The van der Waals surface area contributed by atoms with Crippen LogP contribution in [0.25, 0.3) is 0 Å². The largest absolute Gasteiger partial charge is 0.550 e. The zero-order valence-corrected chi connectivity index (χ0v) is 15.8. The Labute approximate surface area is 166 Å². The van der Waals surface area contributed by atoms with Gasteiger partial charge in [0.1, 0.15) is 10.8 Å². The highest BCUT2D eigenvalue weighted by Crippen LogP contribution is 2.26. The quantitative estimate of drug-likeness (QED) is 0.505. The van der Waals surface area contributed by atoms with Crippen LogP contribution in [0.3, 0.4) is 0 Å². The van der Waals surface area contributed by atoms with E-state index in [-0.39, 0.29) is 10.6 Å². The number of rotatable bonds is 9. The molecule has 1 amide bonds. The van der Waals surface area contributed by atoms with Crippen LogP contribution >= 0.6 is 11.6 Å². The number of carbonyl (C=O) groups is 2. The van der Waals surface area contributed by atoms with Crippen molar-refractivity contribution in [3.05, 3.63) is 68.7 Å². The number of benzene rings is 2. The highest BCUT2D eigenvalue weighted by atomic mass is 35.5. The highest BCUT2D eigenvalue weighted by Gasteiger charge is 2.20. The smallest absolute Gasteiger partial charge is 0.288 e. The van der Waals surface area contributed by atoms with Crippen LogP contribution in [-0.4, -0.2) is 23.4 Å². The predicted molar refractivity (Wildman–Crippen MR) is 100 cm³/mol. The molecule has 0 aliphatic heterocycles. The lowest BCUT2D eigenvalue weighted by Crippen LogP contribution is -2.34. The molecule has 0 unspecified atom stereocenters. The molecule has 148 valence electrons. The van der Waals surface area contributed by atoms with Crippen molar-refractivity contribution in [2.75, 3.05) is 6.61 Å². The molecule has 2 aromatic rings. The molecule has 0 aliphatic carbocycles. The molecule has 0 aromatic heterocycles. The Bertz CT molecular complexity index is 869. The Kier molecular flexibility index (Phi) is 7.34. The van der Waals surface area contributed by atoms with Crippen molar-refractivity contribution in [1.82, 2.24) is 5.32 Å². The van der Waals surface area contributed by atoms with Crippen molar-refractivity contribution in [2.45, 2.75) is 25.8 Å². The summed E-state index contributed by atoms with van der Waals surface area (Å²) < 4.78 is 5.48. The summed E-state index contributed by atoms with van der Waals surface area (Å²) in [5, 5.41) is 24.5. The van der Waals surface area contributed by atoms with E-state index in [0.717, 1.165) is 12.5 Å². The Hall–Kier alpha value is -3.13. The van der Waals surface area contributed by atoms with Gasteiger partial charge >= 0.3 is 0 Å². The number of hydrogen-bond donors (Lipinski definition) is 1. The lowest BCUT2D eigenvalue weighted by Gasteiger charge is -2.20. The molecule has 0 aliphatic rings. The fourth-order valence-corrected chi connectivity index (χ4v) is 2.66. The van der Waals surface area contributed by atoms with Crippen LogP contribution in [0.1, 0.15) is 41.7 Å². The van der Waals surface area contributed by atoms with Gasteiger partial charge in [-0.1, -0.05) is 30.7 Å². The summed E-state index contributed by atoms with van der Waals surface area (Å²) in [6.45, 7) is 2.52. The number of carboxylic acid groups (broad SMARTS) is 1. The fourth-order valence-electron chi connectivity index (χ4n) is 2.47. The van der Waals surface area contributed by atoms with Gasteiger partial charge in [-0.05, 0) is 36.2 Å². The van der Waals surface area contributed by atoms with Gasteiger partial charge in [-0.3, -0.25) is 14.9 Å². The topological polar surface area (TPSA) is 122 Å². The molecule has 0 fully saturated rings. The van der Waals surface area contributed by atoms with E-state index in [1.165, 1.54) is 12.1 Å². The number of nitro benzene ring substituents is 1. The third-order valence-corrected chi connectivity index (χ3v) is 4.16. The molecule has 8 nitrogen and oxygen atoms in total. The molecule has 0 heterocycles. The van der Waals surface area contributed by atoms with Crippen molar-refractivity contribution >= 4 is 29.2 Å². The first-order chi connectivity index (χ1) is 13.3. The Balaban J connectivity index is 2.22. The number of halogens is 1. The predicted octanol–water partition coefficient (Wildman–Crippen LogP) is 2.65. The molecule has 9 heteroatoms. The molecule has 1 atom stereocenters. The lowest BCUT2D eigenvalue weighted by molar-refractivity contribution is -0.384. The molecule has 0 radical (unpaired) electrons. The highest BCUT2D eigenvalue weighted by molar-refractivity contribution is 6.32. The number of nitro groups is 1. The lowest BCUT2D eigenvalue weighted by atomic mass is 10.0. The fraction of sp³-hybridized carbons (Fsp3) is 0.263. The molecule has 0 bridgehead atoms. The summed E-state index contributed by atoms with van der Waals surface area (Å²) in [6, 6.07) is 9.35. The van der Waals surface area contributed by atoms with Gasteiger partial charge in [0.05, 0.1) is 17.6 Å². The van der Waals surface area contributed by atoms with Crippen LogP contribution < -0.4 is 15.2 Å². The van der Waals surface area contributed by atoms with E-state index in [0.29, 0.717) is 17.9 Å². The van der Waals surface area contributed by atoms with Crippen molar-refractivity contribution in [3.63, 3.8) is 0 Å². The van der Waals surface area contributed by atoms with E-state index in [4.69, 9.17) is 16.3 Å². The standard InChI is InChI=1S/C19H19ClN2O6/c1-2-9-28-14-6-3-12(4-7-14)16(11-18(23)24)21-19(25)13-5-8-15(20)17(10-13)22(26)27/h3-8,10,16H,2,9,11H2,1H3,(H,21,25)(H,23,24)/p-1/t16-/m0/s1. The SMILES string of the molecule is CCCOc1ccc([C@H](CC(=O)[O-])NC(=O)c2ccc(Cl)c([N+](=O)[O-])c2)cc1. The zero-order valence-electron chi connectivity index (χ0n) is 15.0. The number of carbonyl (C=O) groups excluding carboxylic acids is 2. The van der Waals surface area contributed by atoms with E-state index in [9.17, 15) is 24.8 Å². The number of carboxylic acids is 1. The van der Waals surface area contributed by atoms with Gasteiger partial charge in [0.15, 0.2) is 0 Å². The van der Waals surface area contributed by atoms with Crippen LogP contribution in [0.5, 0.6) is 5.75 Å². The average molecular weight is 406 g/mol. The number of ether oxygens (including phenoxy) is 1. The molecule has 0 saturated carbocycles. The first kappa shape index (κ1) is 21.2. The van der Waals surface area contributed by atoms with Crippen LogP contribution in [0, 0.1) is 10.1 Å². The van der Waals surface area contributed by atoms with E-state index in [1.54, 1.807) is 24.3 Å². The minimum absolute atomic E-state index is 0.0117. The van der Waals surface area contributed by atoms with Crippen LogP contribution in [0.4, 0.5) is 5.69 Å². The van der Waals surface area contributed by atoms with Gasteiger partial charge in [-0.2, -0.15) is 0 Å². The van der Waals surface area contributed by atoms with Gasteiger partial charge in [0, 0.05) is 24.0 Å². The molecule has 0 saturated heterocycles. The maximum absolute atomic E-state index is 12.5. The van der Waals surface area contributed by atoms with E-state index in [2.05, 4.69) is 5.32 Å². The van der Waals surface area contributed by atoms with E-state index < -0.39 is 34.9 Å². The molecule has 2 aromatic carbocycles. The number of hydrogen-bond acceptors (Lipinski definition) is 6. The van der Waals surface area contributed by atoms with Gasteiger partial charge in [-0.15, -0.1) is 0 Å². The van der Waals surface area contributed by atoms with Gasteiger partial charge < -0.3 is 20.0 Å². The summed E-state index contributed by atoms with van der Waals surface area (Å²) in [7, 11) is 0. The molecule has 28 heavy (non-hydrogen) atoms. The molecular weight excluding hydrogens is 388 g/mol. The Morgan fingerprint density at radius 2 is 1.89 bits per heavy atom. The number of amides is 1. The maximum atomic E-state index is 12.5. The Morgan fingerprint density at radius 1 is 1.21 bits per heavy atom. The number of nitrogens with zero attached hydrogens (tertiary/aromatic N) is 1. The monoisotopic (exact) mass is 405 g/mol. The minimum Gasteiger partial charge on any atom is -0.550 e. The zero-order chi connectivity index (χ0) is 20.7. The molecule has 0 spiro atoms. The number of aliphatic carboxylic acids is 1. The van der Waals surface area contributed by atoms with Crippen molar-refractivity contribution < 1.29 is 24.4 Å². The van der Waals surface area contributed by atoms with E-state index in [1.807, 2.05) is 6.92 Å². The maximum Gasteiger partial charge on any atom is 0.288 e. The average Bonchev–Trinajstić information content (AvgIpc) is 2.66. The summed E-state index contributed by atoms with van der Waals surface area (Å²) in [6.07, 6.45) is 0.384. The Morgan fingerprint density at radius 3 is 2.46 bits per heavy atom. The van der Waals surface area contributed by atoms with E-state index >= 15 is 0 Å². The van der Waals surface area contributed by atoms with Crippen LogP contribution in [0.15, 0.2) is 42.5 Å². The first-order valence-corrected chi connectivity index (χ1v) is 8.87. The summed E-state index contributed by atoms with van der Waals surface area (Å²) in [5.74, 6) is -1.39. The van der Waals surface area contributed by atoms with Gasteiger partial charge in [0.25, 0.3) is 11.6 Å². The van der Waals surface area contributed by atoms with Crippen molar-refractivity contribution in [3.8, 4) is 5.75 Å². The molecule has 2 rings (SSSR count). The molecular formula is C19H18ClN2O6-. The third kappa shape index (κ3) is 5.68. The second kappa shape index (κ2) is 9.70.